The van der Waals surface area contributed by atoms with Gasteiger partial charge in [-0.3, -0.25) is 9.62 Å². The molecule has 0 saturated carbocycles. The van der Waals surface area contributed by atoms with Crippen LogP contribution in [-0.2, 0) is 10.0 Å². The maximum atomic E-state index is 14.6. The van der Waals surface area contributed by atoms with E-state index in [0.717, 1.165) is 55.7 Å². The molecule has 0 unspecified atom stereocenters. The fraction of sp³-hybridized carbons (Fsp3) is 0.500. The lowest BCUT2D eigenvalue weighted by atomic mass is 9.94. The predicted octanol–water partition coefficient (Wildman–Crippen LogP) is 4.17. The topological polar surface area (TPSA) is 74.3 Å². The van der Waals surface area contributed by atoms with Gasteiger partial charge in [0.05, 0.1) is 10.7 Å². The highest BCUT2D eigenvalue weighted by molar-refractivity contribution is 7.93. The van der Waals surface area contributed by atoms with Gasteiger partial charge in [0.25, 0.3) is 10.0 Å². The van der Waals surface area contributed by atoms with Gasteiger partial charge in [0.1, 0.15) is 10.7 Å². The maximum absolute atomic E-state index is 14.6. The van der Waals surface area contributed by atoms with Crippen LogP contribution in [0.4, 0.5) is 15.2 Å². The highest BCUT2D eigenvalue weighted by Crippen LogP contribution is 2.42. The van der Waals surface area contributed by atoms with Crippen molar-refractivity contribution in [1.29, 1.82) is 0 Å². The molecule has 28 heavy (non-hydrogen) atoms. The number of benzene rings is 1. The Morgan fingerprint density at radius 3 is 3.00 bits per heavy atom. The summed E-state index contributed by atoms with van der Waals surface area (Å²) in [6, 6.07) is 2.87. The molecule has 2 aliphatic heterocycles. The molecule has 4 rings (SSSR count). The van der Waals surface area contributed by atoms with Gasteiger partial charge in [-0.25, -0.2) is 17.8 Å². The first kappa shape index (κ1) is 19.9. The van der Waals surface area contributed by atoms with Crippen LogP contribution in [0.3, 0.4) is 0 Å². The molecule has 1 aromatic carbocycles. The minimum atomic E-state index is -4.10. The molecule has 2 aliphatic rings. The normalized spacial score (nSPS) is 25.0. The highest BCUT2D eigenvalue weighted by Gasteiger charge is 2.47. The third-order valence-electron chi connectivity index (χ3n) is 5.78. The number of nitrogens with one attached hydrogen (secondary N) is 2. The molecule has 2 fully saturated rings. The number of anilines is 2. The number of thiazole rings is 1. The second kappa shape index (κ2) is 7.44. The van der Waals surface area contributed by atoms with E-state index in [1.54, 1.807) is 5.38 Å². The van der Waals surface area contributed by atoms with Gasteiger partial charge in [0.2, 0.25) is 0 Å². The fourth-order valence-electron chi connectivity index (χ4n) is 4.40. The zero-order valence-electron chi connectivity index (χ0n) is 15.4. The monoisotopic (exact) mass is 444 g/mol. The van der Waals surface area contributed by atoms with Gasteiger partial charge in [0.15, 0.2) is 5.13 Å². The van der Waals surface area contributed by atoms with Crippen molar-refractivity contribution in [2.45, 2.75) is 49.1 Å². The molecule has 0 spiro atoms. The number of hydrogen-bond donors (Lipinski definition) is 2. The van der Waals surface area contributed by atoms with E-state index < -0.39 is 20.7 Å². The van der Waals surface area contributed by atoms with E-state index in [9.17, 15) is 12.8 Å². The Labute approximate surface area is 173 Å². The van der Waals surface area contributed by atoms with Crippen molar-refractivity contribution in [3.63, 3.8) is 0 Å². The molecular formula is C18H22ClFN4O2S2. The minimum Gasteiger partial charge on any atom is -0.382 e. The Morgan fingerprint density at radius 2 is 2.25 bits per heavy atom. The molecule has 2 N–H and O–H groups in total. The molecule has 0 radical (unpaired) electrons. The van der Waals surface area contributed by atoms with Crippen LogP contribution in [0.2, 0.25) is 5.02 Å². The van der Waals surface area contributed by atoms with Crippen LogP contribution in [0.25, 0.3) is 0 Å². The Kier molecular flexibility index (Phi) is 5.28. The lowest BCUT2D eigenvalue weighted by molar-refractivity contribution is 0.170. The predicted molar refractivity (Wildman–Crippen MR) is 110 cm³/mol. The third kappa shape index (κ3) is 3.60. The first-order chi connectivity index (χ1) is 13.3. The third-order valence-corrected chi connectivity index (χ3v) is 8.27. The summed E-state index contributed by atoms with van der Waals surface area (Å²) in [5.41, 5.74) is 0.490. The molecular weight excluding hydrogens is 423 g/mol. The van der Waals surface area contributed by atoms with Gasteiger partial charge >= 0.3 is 0 Å². The zero-order chi connectivity index (χ0) is 19.9. The number of nitrogens with zero attached hydrogens (tertiary/aromatic N) is 2. The van der Waals surface area contributed by atoms with Crippen LogP contribution in [0, 0.1) is 5.82 Å². The Morgan fingerprint density at radius 1 is 1.43 bits per heavy atom. The Hall–Kier alpha value is -1.42. The van der Waals surface area contributed by atoms with E-state index in [0.29, 0.717) is 18.3 Å². The van der Waals surface area contributed by atoms with Gasteiger partial charge < -0.3 is 5.32 Å². The molecule has 0 amide bonds. The Balaban J connectivity index is 1.53. The van der Waals surface area contributed by atoms with E-state index in [1.807, 2.05) is 0 Å². The molecule has 0 bridgehead atoms. The van der Waals surface area contributed by atoms with Crippen molar-refractivity contribution in [1.82, 2.24) is 9.88 Å². The molecule has 2 aromatic rings. The smallest absolute Gasteiger partial charge is 0.266 e. The van der Waals surface area contributed by atoms with E-state index in [-0.39, 0.29) is 15.7 Å². The second-order valence-electron chi connectivity index (χ2n) is 7.47. The summed E-state index contributed by atoms with van der Waals surface area (Å²) in [5, 5.41) is 5.24. The van der Waals surface area contributed by atoms with Crippen molar-refractivity contribution >= 4 is 43.8 Å². The van der Waals surface area contributed by atoms with Crippen LogP contribution in [0.1, 0.15) is 32.6 Å². The number of hydrogen-bond acceptors (Lipinski definition) is 6. The standard InChI is InChI=1S/C18H22ClFN4O2S2/c1-12-3-5-18(4-2-7-24(12)18)11-22-15-10-14(20)16(9-13(15)19)28(25,26)23-17-21-6-8-27-17/h6,8-10,12,22H,2-5,7,11H2,1H3,(H,21,23)/t12-,18+/m1/s1. The minimum absolute atomic E-state index is 0.0797. The maximum Gasteiger partial charge on any atom is 0.266 e. The summed E-state index contributed by atoms with van der Waals surface area (Å²) in [6.45, 7) is 4.00. The van der Waals surface area contributed by atoms with Crippen molar-refractivity contribution in [3.8, 4) is 0 Å². The van der Waals surface area contributed by atoms with E-state index in [2.05, 4.69) is 26.8 Å². The van der Waals surface area contributed by atoms with Gasteiger partial charge in [0, 0.05) is 29.7 Å². The highest BCUT2D eigenvalue weighted by atomic mass is 35.5. The Bertz CT molecular complexity index is 970. The first-order valence-corrected chi connectivity index (χ1v) is 12.0. The van der Waals surface area contributed by atoms with Crippen LogP contribution < -0.4 is 10.0 Å². The number of halogens is 2. The molecule has 152 valence electrons. The first-order valence-electron chi connectivity index (χ1n) is 9.23. The van der Waals surface area contributed by atoms with E-state index in [1.165, 1.54) is 6.20 Å². The molecule has 0 aliphatic carbocycles. The van der Waals surface area contributed by atoms with Gasteiger partial charge in [-0.1, -0.05) is 11.6 Å². The quantitative estimate of drug-likeness (QED) is 0.699. The molecule has 1 aromatic heterocycles. The molecule has 6 nitrogen and oxygen atoms in total. The van der Waals surface area contributed by atoms with Crippen molar-refractivity contribution in [3.05, 3.63) is 34.5 Å². The summed E-state index contributed by atoms with van der Waals surface area (Å²) in [6.07, 6.45) is 5.99. The molecule has 3 heterocycles. The molecule has 2 atom stereocenters. The average Bonchev–Trinajstić information content (AvgIpc) is 3.35. The lowest BCUT2D eigenvalue weighted by Crippen LogP contribution is -2.46. The number of sulfonamides is 1. The van der Waals surface area contributed by atoms with Crippen molar-refractivity contribution < 1.29 is 12.8 Å². The van der Waals surface area contributed by atoms with Crippen molar-refractivity contribution in [2.24, 2.45) is 0 Å². The SMILES string of the molecule is C[C@@H]1CC[C@]2(CNc3cc(F)c(S(=O)(=O)Nc4nccs4)cc3Cl)CCCN12. The summed E-state index contributed by atoms with van der Waals surface area (Å²) in [5.74, 6) is -0.850. The van der Waals surface area contributed by atoms with Gasteiger partial charge in [-0.15, -0.1) is 11.3 Å². The van der Waals surface area contributed by atoms with Crippen LogP contribution in [0.15, 0.2) is 28.6 Å². The van der Waals surface area contributed by atoms with Crippen LogP contribution in [0.5, 0.6) is 0 Å². The molecule has 2 saturated heterocycles. The van der Waals surface area contributed by atoms with Gasteiger partial charge in [-0.2, -0.15) is 0 Å². The number of rotatable bonds is 6. The summed E-state index contributed by atoms with van der Waals surface area (Å²) >= 11 is 7.41. The second-order valence-corrected chi connectivity index (χ2v) is 10.4. The van der Waals surface area contributed by atoms with E-state index >= 15 is 0 Å². The van der Waals surface area contributed by atoms with Crippen LogP contribution >= 0.6 is 22.9 Å². The van der Waals surface area contributed by atoms with Crippen LogP contribution in [-0.4, -0.2) is 43.0 Å². The average molecular weight is 445 g/mol. The van der Waals surface area contributed by atoms with Gasteiger partial charge in [-0.05, 0) is 51.3 Å². The lowest BCUT2D eigenvalue weighted by Gasteiger charge is -2.34. The van der Waals surface area contributed by atoms with Crippen molar-refractivity contribution in [2.75, 3.05) is 23.1 Å². The largest absolute Gasteiger partial charge is 0.382 e. The van der Waals surface area contributed by atoms with E-state index in [4.69, 9.17) is 11.6 Å². The summed E-state index contributed by atoms with van der Waals surface area (Å²) in [4.78, 5) is 5.90. The zero-order valence-corrected chi connectivity index (χ0v) is 17.8. The fourth-order valence-corrected chi connectivity index (χ4v) is 6.57. The summed E-state index contributed by atoms with van der Waals surface area (Å²) < 4.78 is 41.8. The molecule has 10 heteroatoms. The summed E-state index contributed by atoms with van der Waals surface area (Å²) in [7, 11) is -4.10. The number of aromatic nitrogens is 1. The number of fused-ring (bicyclic) bond motifs is 1.